The summed E-state index contributed by atoms with van der Waals surface area (Å²) in [7, 11) is 0. The molecule has 0 bridgehead atoms. The van der Waals surface area contributed by atoms with Crippen LogP contribution in [-0.4, -0.2) is 17.5 Å². The Kier molecular flexibility index (Phi) is 2.06. The number of rotatable bonds is 2. The van der Waals surface area contributed by atoms with Crippen LogP contribution in [0.2, 0.25) is 0 Å². The van der Waals surface area contributed by atoms with Crippen molar-refractivity contribution in [3.8, 4) is 0 Å². The number of carbonyl (C=O) groups excluding carboxylic acids is 2. The number of quaternary nitrogens is 1. The van der Waals surface area contributed by atoms with Crippen LogP contribution in [0.25, 0.3) is 0 Å². The molecule has 1 aliphatic carbocycles. The zero-order chi connectivity index (χ0) is 9.35. The van der Waals surface area contributed by atoms with E-state index in [9.17, 15) is 19.8 Å². The highest BCUT2D eigenvalue weighted by Crippen LogP contribution is 2.30. The topological polar surface area (TPSA) is 108 Å². The molecule has 2 atom stereocenters. The first kappa shape index (κ1) is 8.99. The molecule has 0 aliphatic heterocycles. The van der Waals surface area contributed by atoms with Crippen LogP contribution in [0.1, 0.15) is 19.3 Å². The smallest absolute Gasteiger partial charge is 0.135 e. The highest BCUT2D eigenvalue weighted by molar-refractivity contribution is 5.77. The molecule has 1 saturated carbocycles. The average molecular weight is 172 g/mol. The summed E-state index contributed by atoms with van der Waals surface area (Å²) >= 11 is 0. The van der Waals surface area contributed by atoms with E-state index in [1.165, 1.54) is 0 Å². The van der Waals surface area contributed by atoms with Gasteiger partial charge in [-0.15, -0.1) is 0 Å². The first-order valence-corrected chi connectivity index (χ1v) is 3.73. The largest absolute Gasteiger partial charge is 0.550 e. The Labute approximate surface area is 69.2 Å². The second-order valence-electron chi connectivity index (χ2n) is 3.33. The molecule has 5 heteroatoms. The van der Waals surface area contributed by atoms with Gasteiger partial charge in [0.1, 0.15) is 11.5 Å². The van der Waals surface area contributed by atoms with Crippen molar-refractivity contribution in [1.82, 2.24) is 0 Å². The quantitative estimate of drug-likeness (QED) is 0.461. The predicted octanol–water partition coefficient (Wildman–Crippen LogP) is -3.73. The Hall–Kier alpha value is -1.10. The maximum absolute atomic E-state index is 10.5. The summed E-state index contributed by atoms with van der Waals surface area (Å²) in [5.74, 6) is -3.14. The molecular formula is C7H10NO4-. The SMILES string of the molecule is [NH3+][C@@]1(C(=O)[O-])CC[C@H](C(=O)[O-])C1. The lowest BCUT2D eigenvalue weighted by Crippen LogP contribution is -2.78. The van der Waals surface area contributed by atoms with Crippen molar-refractivity contribution in [3.05, 3.63) is 0 Å². The standard InChI is InChI=1S/C7H11NO4/c8-7(6(11)12)2-1-4(3-7)5(9)10/h4H,1-3,8H2,(H,9,10)(H,11,12)/p-1/t4-,7-/m0/s1. The van der Waals surface area contributed by atoms with Crippen LogP contribution in [0.3, 0.4) is 0 Å². The number of hydrogen-bond donors (Lipinski definition) is 1. The van der Waals surface area contributed by atoms with Crippen molar-refractivity contribution < 1.29 is 25.5 Å². The summed E-state index contributed by atoms with van der Waals surface area (Å²) in [6.45, 7) is 0. The highest BCUT2D eigenvalue weighted by atomic mass is 16.4. The van der Waals surface area contributed by atoms with Crippen molar-refractivity contribution in [3.63, 3.8) is 0 Å². The van der Waals surface area contributed by atoms with Crippen molar-refractivity contribution in [1.29, 1.82) is 0 Å². The van der Waals surface area contributed by atoms with E-state index in [2.05, 4.69) is 5.73 Å². The van der Waals surface area contributed by atoms with Gasteiger partial charge in [0.05, 0.1) is 0 Å². The van der Waals surface area contributed by atoms with E-state index >= 15 is 0 Å². The van der Waals surface area contributed by atoms with Crippen molar-refractivity contribution in [2.24, 2.45) is 5.92 Å². The maximum Gasteiger partial charge on any atom is 0.135 e. The van der Waals surface area contributed by atoms with Gasteiger partial charge in [0.15, 0.2) is 0 Å². The second-order valence-corrected chi connectivity index (χ2v) is 3.33. The molecule has 0 radical (unpaired) electrons. The fourth-order valence-corrected chi connectivity index (χ4v) is 1.51. The fourth-order valence-electron chi connectivity index (χ4n) is 1.51. The molecule has 5 nitrogen and oxygen atoms in total. The molecule has 0 unspecified atom stereocenters. The molecule has 0 spiro atoms. The van der Waals surface area contributed by atoms with E-state index in [-0.39, 0.29) is 12.8 Å². The first-order valence-electron chi connectivity index (χ1n) is 3.73. The number of carbonyl (C=O) groups is 2. The van der Waals surface area contributed by atoms with E-state index in [1.54, 1.807) is 0 Å². The molecule has 3 N–H and O–H groups in total. The second kappa shape index (κ2) is 2.75. The van der Waals surface area contributed by atoms with Gasteiger partial charge in [-0.2, -0.15) is 0 Å². The first-order chi connectivity index (χ1) is 5.46. The summed E-state index contributed by atoms with van der Waals surface area (Å²) in [6, 6.07) is 0. The molecule has 1 aliphatic rings. The van der Waals surface area contributed by atoms with Gasteiger partial charge >= 0.3 is 0 Å². The molecule has 0 saturated heterocycles. The normalized spacial score (nSPS) is 34.9. The highest BCUT2D eigenvalue weighted by Gasteiger charge is 2.41. The molecule has 0 heterocycles. The number of hydrogen-bond acceptors (Lipinski definition) is 4. The van der Waals surface area contributed by atoms with E-state index in [0.29, 0.717) is 6.42 Å². The zero-order valence-corrected chi connectivity index (χ0v) is 6.54. The lowest BCUT2D eigenvalue weighted by Gasteiger charge is -2.21. The van der Waals surface area contributed by atoms with E-state index in [4.69, 9.17) is 0 Å². The van der Waals surface area contributed by atoms with Gasteiger partial charge in [-0.25, -0.2) is 0 Å². The minimum atomic E-state index is -1.27. The molecule has 0 aromatic heterocycles. The van der Waals surface area contributed by atoms with Gasteiger partial charge in [0.2, 0.25) is 0 Å². The average Bonchev–Trinajstić information content (AvgIpc) is 2.33. The maximum atomic E-state index is 10.5. The minimum Gasteiger partial charge on any atom is -0.550 e. The molecule has 1 rings (SSSR count). The van der Waals surface area contributed by atoms with Crippen LogP contribution >= 0.6 is 0 Å². The summed E-state index contributed by atoms with van der Waals surface area (Å²) in [5.41, 5.74) is 2.23. The van der Waals surface area contributed by atoms with E-state index in [1.807, 2.05) is 0 Å². The van der Waals surface area contributed by atoms with Crippen LogP contribution in [0, 0.1) is 5.92 Å². The lowest BCUT2D eigenvalue weighted by atomic mass is 9.98. The predicted molar refractivity (Wildman–Crippen MR) is 33.0 cm³/mol. The number of aliphatic carboxylic acids is 2. The van der Waals surface area contributed by atoms with Crippen molar-refractivity contribution in [2.75, 3.05) is 0 Å². The summed E-state index contributed by atoms with van der Waals surface area (Å²) in [5, 5.41) is 20.9. The third kappa shape index (κ3) is 1.40. The zero-order valence-electron chi connectivity index (χ0n) is 6.54. The minimum absolute atomic E-state index is 0.0255. The fraction of sp³-hybridized carbons (Fsp3) is 0.714. The molecule has 1 fully saturated rings. The molecule has 12 heavy (non-hydrogen) atoms. The number of carboxylic acid groups (broad SMARTS) is 2. The van der Waals surface area contributed by atoms with Crippen LogP contribution in [0.5, 0.6) is 0 Å². The lowest BCUT2D eigenvalue weighted by molar-refractivity contribution is -0.485. The van der Waals surface area contributed by atoms with E-state index < -0.39 is 23.4 Å². The Balaban J connectivity index is 2.67. The molecular weight excluding hydrogens is 162 g/mol. The monoisotopic (exact) mass is 172 g/mol. The third-order valence-electron chi connectivity index (χ3n) is 2.37. The number of carboxylic acids is 2. The summed E-state index contributed by atoms with van der Waals surface area (Å²) < 4.78 is 0. The molecule has 0 aromatic rings. The van der Waals surface area contributed by atoms with Gasteiger partial charge in [-0.05, 0) is 6.42 Å². The van der Waals surface area contributed by atoms with Gasteiger partial charge < -0.3 is 25.5 Å². The van der Waals surface area contributed by atoms with Crippen LogP contribution in [0.15, 0.2) is 0 Å². The van der Waals surface area contributed by atoms with Crippen LogP contribution < -0.4 is 15.9 Å². The van der Waals surface area contributed by atoms with Crippen molar-refractivity contribution in [2.45, 2.75) is 24.8 Å². The Morgan fingerprint density at radius 2 is 2.00 bits per heavy atom. The van der Waals surface area contributed by atoms with Crippen molar-refractivity contribution >= 4 is 11.9 Å². The summed E-state index contributed by atoms with van der Waals surface area (Å²) in [6.07, 6.45) is 0.603. The Morgan fingerprint density at radius 3 is 2.25 bits per heavy atom. The van der Waals surface area contributed by atoms with Gasteiger partial charge in [-0.1, -0.05) is 0 Å². The Bertz CT molecular complexity index is 227. The molecule has 0 aromatic carbocycles. The third-order valence-corrected chi connectivity index (χ3v) is 2.37. The van der Waals surface area contributed by atoms with Crippen LogP contribution in [-0.2, 0) is 9.59 Å². The van der Waals surface area contributed by atoms with Crippen LogP contribution in [0.4, 0.5) is 0 Å². The Morgan fingerprint density at radius 1 is 1.42 bits per heavy atom. The molecule has 68 valence electrons. The van der Waals surface area contributed by atoms with Gasteiger partial charge in [0, 0.05) is 24.7 Å². The van der Waals surface area contributed by atoms with Gasteiger partial charge in [0.25, 0.3) is 0 Å². The molecule has 0 amide bonds. The van der Waals surface area contributed by atoms with Gasteiger partial charge in [-0.3, -0.25) is 0 Å². The van der Waals surface area contributed by atoms with E-state index in [0.717, 1.165) is 0 Å². The summed E-state index contributed by atoms with van der Waals surface area (Å²) in [4.78, 5) is 20.9.